The van der Waals surface area contributed by atoms with Gasteiger partial charge in [-0.2, -0.15) is 0 Å². The third-order valence-corrected chi connectivity index (χ3v) is 9.58. The van der Waals surface area contributed by atoms with E-state index in [1.807, 2.05) is 32.9 Å². The maximum atomic E-state index is 13.6. The molecule has 2 aliphatic heterocycles. The fourth-order valence-corrected chi connectivity index (χ4v) is 8.22. The fraction of sp³-hybridized carbons (Fsp3) is 0.300. The first-order valence-electron chi connectivity index (χ1n) is 8.89. The molecule has 0 bridgehead atoms. The average molecular weight is 465 g/mol. The largest absolute Gasteiger partial charge is 0.301 e. The number of carbonyl (C=O) groups excluding carboxylic acids is 1. The Bertz CT molecular complexity index is 1070. The minimum Gasteiger partial charge on any atom is -0.301 e. The van der Waals surface area contributed by atoms with Gasteiger partial charge in [-0.15, -0.1) is 0 Å². The number of hydrogen-bond donors (Lipinski definition) is 0. The summed E-state index contributed by atoms with van der Waals surface area (Å²) in [6.45, 7) is 6.07. The number of carbonyl (C=O) groups is 1. The third kappa shape index (κ3) is 3.26. The van der Waals surface area contributed by atoms with Crippen LogP contribution in [-0.4, -0.2) is 25.8 Å². The normalized spacial score (nSPS) is 22.2. The zero-order valence-electron chi connectivity index (χ0n) is 15.8. The number of benzene rings is 2. The molecule has 1 saturated heterocycles. The molecule has 0 N–H and O–H groups in total. The van der Waals surface area contributed by atoms with Crippen molar-refractivity contribution in [2.75, 3.05) is 4.90 Å². The van der Waals surface area contributed by atoms with E-state index in [1.54, 1.807) is 26.5 Å². The molecule has 2 aromatic carbocycles. The predicted octanol–water partition coefficient (Wildman–Crippen LogP) is 6.17. The monoisotopic (exact) mass is 464 g/mol. The molecule has 2 unspecified atom stereocenters. The lowest BCUT2D eigenvalue weighted by molar-refractivity contribution is -0.384. The van der Waals surface area contributed by atoms with Gasteiger partial charge in [0.05, 0.1) is 19.9 Å². The Morgan fingerprint density at radius 3 is 2.69 bits per heavy atom. The van der Waals surface area contributed by atoms with Crippen LogP contribution < -0.4 is 4.90 Å². The maximum absolute atomic E-state index is 13.6. The van der Waals surface area contributed by atoms with Gasteiger partial charge in [-0.25, -0.2) is 0 Å². The fourth-order valence-electron chi connectivity index (χ4n) is 4.00. The second-order valence-electron chi connectivity index (χ2n) is 7.68. The molecule has 150 valence electrons. The summed E-state index contributed by atoms with van der Waals surface area (Å²) in [7, 11) is 3.29. The van der Waals surface area contributed by atoms with E-state index in [9.17, 15) is 14.9 Å². The second kappa shape index (κ2) is 7.27. The highest BCUT2D eigenvalue weighted by atomic mass is 35.5. The van der Waals surface area contributed by atoms with Crippen LogP contribution in [0.2, 0.25) is 5.02 Å². The molecule has 1 amide bonds. The number of nitrogens with zero attached hydrogens (tertiary/aromatic N) is 2. The molecule has 5 nitrogen and oxygen atoms in total. The van der Waals surface area contributed by atoms with E-state index in [1.165, 1.54) is 18.2 Å². The van der Waals surface area contributed by atoms with Crippen molar-refractivity contribution in [2.24, 2.45) is 0 Å². The van der Waals surface area contributed by atoms with Crippen molar-refractivity contribution in [3.8, 4) is 0 Å². The van der Waals surface area contributed by atoms with Crippen LogP contribution in [0.4, 0.5) is 11.4 Å². The third-order valence-electron chi connectivity index (χ3n) is 5.42. The van der Waals surface area contributed by atoms with E-state index in [2.05, 4.69) is 6.07 Å². The summed E-state index contributed by atoms with van der Waals surface area (Å²) in [5, 5.41) is 11.4. The number of fused-ring (bicyclic) bond motifs is 3. The van der Waals surface area contributed by atoms with Gasteiger partial charge >= 0.3 is 0 Å². The van der Waals surface area contributed by atoms with E-state index in [0.717, 1.165) is 21.0 Å². The highest BCUT2D eigenvalue weighted by Gasteiger charge is 2.53. The predicted molar refractivity (Wildman–Crippen MR) is 124 cm³/mol. The average Bonchev–Trinajstić information content (AvgIpc) is 3.05. The molecule has 0 spiro atoms. The molecule has 1 fully saturated rings. The molecule has 2 aliphatic rings. The summed E-state index contributed by atoms with van der Waals surface area (Å²) in [4.78, 5) is 26.1. The molecule has 29 heavy (non-hydrogen) atoms. The lowest BCUT2D eigenvalue weighted by Gasteiger charge is -2.49. The van der Waals surface area contributed by atoms with Gasteiger partial charge in [-0.3, -0.25) is 14.9 Å². The molecule has 4 rings (SSSR count). The first-order chi connectivity index (χ1) is 13.6. The van der Waals surface area contributed by atoms with Crippen LogP contribution in [-0.2, 0) is 0 Å². The number of amides is 1. The van der Waals surface area contributed by atoms with Gasteiger partial charge in [0.1, 0.15) is 5.02 Å². The molecular formula is C20H17ClN2O3S3. The van der Waals surface area contributed by atoms with E-state index in [0.29, 0.717) is 0 Å². The molecule has 2 aromatic rings. The van der Waals surface area contributed by atoms with Gasteiger partial charge in [0.2, 0.25) is 0 Å². The number of nitro groups is 1. The number of hydrogen-bond acceptors (Lipinski definition) is 6. The zero-order chi connectivity index (χ0) is 21.1. The lowest BCUT2D eigenvalue weighted by atomic mass is 9.78. The standard InChI is InChI=1S/C20H17ClN2O3S3/c1-10-4-7-14-12(8-10)16-17(28-29-19(16)27)20(2,3)22(14)18(24)11-5-6-13(21)15(9-11)23(25)26/h4-9,16-17H,1-3H3. The topological polar surface area (TPSA) is 63.5 Å². The minimum atomic E-state index is -0.574. The SMILES string of the molecule is Cc1ccc2c(c1)C1C(=S)SSC1C(C)(C)N2C(=O)c1ccc(Cl)c([N+](=O)[O-])c1. The molecule has 9 heteroatoms. The Balaban J connectivity index is 1.89. The van der Waals surface area contributed by atoms with Crippen molar-refractivity contribution < 1.29 is 9.72 Å². The Kier molecular flexibility index (Phi) is 5.17. The number of aryl methyl sites for hydroxylation is 1. The lowest BCUT2D eigenvalue weighted by Crippen LogP contribution is -2.58. The highest BCUT2D eigenvalue weighted by Crippen LogP contribution is 2.59. The van der Waals surface area contributed by atoms with Crippen molar-refractivity contribution in [3.63, 3.8) is 0 Å². The Morgan fingerprint density at radius 2 is 2.00 bits per heavy atom. The zero-order valence-corrected chi connectivity index (χ0v) is 19.0. The van der Waals surface area contributed by atoms with Crippen molar-refractivity contribution in [1.82, 2.24) is 0 Å². The van der Waals surface area contributed by atoms with Gasteiger partial charge in [0.25, 0.3) is 11.6 Å². The smallest absolute Gasteiger partial charge is 0.288 e. The Morgan fingerprint density at radius 1 is 1.28 bits per heavy atom. The summed E-state index contributed by atoms with van der Waals surface area (Å²) < 4.78 is 0.925. The van der Waals surface area contributed by atoms with Crippen molar-refractivity contribution >= 4 is 66.9 Å². The van der Waals surface area contributed by atoms with E-state index >= 15 is 0 Å². The van der Waals surface area contributed by atoms with Crippen molar-refractivity contribution in [2.45, 2.75) is 37.5 Å². The first-order valence-corrected chi connectivity index (χ1v) is 11.9. The molecule has 0 radical (unpaired) electrons. The van der Waals surface area contributed by atoms with Crippen LogP contribution in [0.15, 0.2) is 36.4 Å². The van der Waals surface area contributed by atoms with E-state index in [4.69, 9.17) is 23.8 Å². The summed E-state index contributed by atoms with van der Waals surface area (Å²) >= 11 is 11.6. The van der Waals surface area contributed by atoms with E-state index in [-0.39, 0.29) is 33.3 Å². The summed E-state index contributed by atoms with van der Waals surface area (Å²) in [6, 6.07) is 10.2. The minimum absolute atomic E-state index is 0.00800. The second-order valence-corrected chi connectivity index (χ2v) is 11.2. The highest BCUT2D eigenvalue weighted by molar-refractivity contribution is 8.84. The van der Waals surface area contributed by atoms with Crippen LogP contribution in [0, 0.1) is 17.0 Å². The number of nitro benzene ring substituents is 1. The molecule has 0 aliphatic carbocycles. The number of rotatable bonds is 2. The van der Waals surface area contributed by atoms with Gasteiger partial charge in [-0.1, -0.05) is 52.3 Å². The molecule has 0 aromatic heterocycles. The van der Waals surface area contributed by atoms with Crippen LogP contribution in [0.25, 0.3) is 0 Å². The molecule has 2 atom stereocenters. The number of halogens is 1. The molecule has 0 saturated carbocycles. The van der Waals surface area contributed by atoms with Crippen molar-refractivity contribution in [3.05, 3.63) is 68.2 Å². The van der Waals surface area contributed by atoms with Crippen LogP contribution >= 0.6 is 45.4 Å². The Hall–Kier alpha value is -1.61. The van der Waals surface area contributed by atoms with Gasteiger partial charge in [-0.05, 0) is 55.3 Å². The summed E-state index contributed by atoms with van der Waals surface area (Å²) in [6.07, 6.45) is 0. The van der Waals surface area contributed by atoms with Crippen LogP contribution in [0.3, 0.4) is 0 Å². The molecule has 2 heterocycles. The number of anilines is 1. The first kappa shape index (κ1) is 20.7. The van der Waals surface area contributed by atoms with Gasteiger partial charge in [0, 0.05) is 23.2 Å². The maximum Gasteiger partial charge on any atom is 0.288 e. The van der Waals surface area contributed by atoms with E-state index < -0.39 is 10.5 Å². The quantitative estimate of drug-likeness (QED) is 0.229. The van der Waals surface area contributed by atoms with Crippen LogP contribution in [0.5, 0.6) is 0 Å². The number of thiocarbonyl (C=S) groups is 1. The van der Waals surface area contributed by atoms with Gasteiger partial charge < -0.3 is 4.90 Å². The Labute approximate surface area is 186 Å². The van der Waals surface area contributed by atoms with Crippen LogP contribution in [0.1, 0.15) is 41.3 Å². The van der Waals surface area contributed by atoms with Crippen molar-refractivity contribution in [1.29, 1.82) is 0 Å². The molecular weight excluding hydrogens is 448 g/mol. The van der Waals surface area contributed by atoms with Gasteiger partial charge in [0.15, 0.2) is 0 Å². The summed E-state index contributed by atoms with van der Waals surface area (Å²) in [5.74, 6) is -0.213. The summed E-state index contributed by atoms with van der Waals surface area (Å²) in [5.41, 5.74) is 2.35.